The first-order chi connectivity index (χ1) is 7.70. The zero-order valence-electron chi connectivity index (χ0n) is 9.46. The molecule has 0 aromatic heterocycles. The van der Waals surface area contributed by atoms with E-state index >= 15 is 0 Å². The third-order valence-electron chi connectivity index (χ3n) is 2.35. The predicted octanol–water partition coefficient (Wildman–Crippen LogP) is 2.09. The Hall–Kier alpha value is -1.61. The first-order valence-corrected chi connectivity index (χ1v) is 5.14. The van der Waals surface area contributed by atoms with E-state index in [1.165, 1.54) is 7.11 Å². The van der Waals surface area contributed by atoms with E-state index in [2.05, 4.69) is 4.74 Å². The van der Waals surface area contributed by atoms with Gasteiger partial charge in [-0.3, -0.25) is 4.79 Å². The zero-order chi connectivity index (χ0) is 12.0. The fraction of sp³-hybridized carbons (Fsp3) is 0.308. The zero-order valence-corrected chi connectivity index (χ0v) is 9.46. The van der Waals surface area contributed by atoms with Crippen LogP contribution in [0.1, 0.15) is 18.6 Å². The number of methoxy groups -OCH3 is 1. The van der Waals surface area contributed by atoms with Crippen molar-refractivity contribution < 1.29 is 14.6 Å². The van der Waals surface area contributed by atoms with Crippen molar-refractivity contribution >= 4 is 5.97 Å². The van der Waals surface area contributed by atoms with Crippen molar-refractivity contribution in [3.05, 3.63) is 48.0 Å². The Morgan fingerprint density at radius 1 is 1.38 bits per heavy atom. The van der Waals surface area contributed by atoms with Crippen molar-refractivity contribution in [2.45, 2.75) is 13.0 Å². The van der Waals surface area contributed by atoms with Gasteiger partial charge in [0.2, 0.25) is 0 Å². The molecule has 0 bridgehead atoms. The average Bonchev–Trinajstić information content (AvgIpc) is 2.35. The molecule has 3 nitrogen and oxygen atoms in total. The molecule has 0 aliphatic heterocycles. The van der Waals surface area contributed by atoms with Crippen LogP contribution in [0.5, 0.6) is 0 Å². The van der Waals surface area contributed by atoms with Crippen LogP contribution in [0.2, 0.25) is 0 Å². The number of carbonyl (C=O) groups excluding carboxylic acids is 1. The molecule has 1 aromatic carbocycles. The van der Waals surface area contributed by atoms with Gasteiger partial charge < -0.3 is 9.84 Å². The van der Waals surface area contributed by atoms with Crippen molar-refractivity contribution in [3.8, 4) is 0 Å². The Labute approximate surface area is 95.4 Å². The minimum atomic E-state index is -0.871. The molecule has 0 spiro atoms. The molecule has 0 fully saturated rings. The number of allylic oxidation sites excluding steroid dienone is 1. The number of carbonyl (C=O) groups is 1. The summed E-state index contributed by atoms with van der Waals surface area (Å²) in [5, 5.41) is 10.1. The first kappa shape index (κ1) is 12.5. The van der Waals surface area contributed by atoms with Crippen molar-refractivity contribution in [1.82, 2.24) is 0 Å². The Balaban J connectivity index is 2.91. The first-order valence-electron chi connectivity index (χ1n) is 5.14. The highest BCUT2D eigenvalue weighted by atomic mass is 16.5. The van der Waals surface area contributed by atoms with Gasteiger partial charge in [-0.05, 0) is 12.5 Å². The van der Waals surface area contributed by atoms with Crippen LogP contribution in [-0.4, -0.2) is 18.2 Å². The van der Waals surface area contributed by atoms with Gasteiger partial charge in [0, 0.05) is 0 Å². The molecule has 0 saturated heterocycles. The molecule has 0 unspecified atom stereocenters. The third-order valence-corrected chi connectivity index (χ3v) is 2.35. The molecular formula is C13H16O3. The minimum Gasteiger partial charge on any atom is -0.468 e. The number of ether oxygens (including phenoxy) is 1. The van der Waals surface area contributed by atoms with E-state index < -0.39 is 18.0 Å². The van der Waals surface area contributed by atoms with E-state index in [9.17, 15) is 9.90 Å². The highest BCUT2D eigenvalue weighted by Gasteiger charge is 2.25. The summed E-state index contributed by atoms with van der Waals surface area (Å²) < 4.78 is 4.66. The molecule has 86 valence electrons. The molecule has 0 radical (unpaired) electrons. The van der Waals surface area contributed by atoms with Crippen LogP contribution >= 0.6 is 0 Å². The van der Waals surface area contributed by atoms with Crippen LogP contribution in [0.3, 0.4) is 0 Å². The summed E-state index contributed by atoms with van der Waals surface area (Å²) in [4.78, 5) is 11.5. The smallest absolute Gasteiger partial charge is 0.315 e. The Bertz CT molecular complexity index is 357. The molecule has 16 heavy (non-hydrogen) atoms. The fourth-order valence-electron chi connectivity index (χ4n) is 1.51. The summed E-state index contributed by atoms with van der Waals surface area (Å²) in [5.74, 6) is -1.09. The second kappa shape index (κ2) is 6.08. The van der Waals surface area contributed by atoms with E-state index in [0.29, 0.717) is 5.56 Å². The SMILES string of the molecule is C/C=C\[C@H](C(=O)OC)[C@@H](O)c1ccccc1. The van der Waals surface area contributed by atoms with Gasteiger partial charge in [-0.2, -0.15) is 0 Å². The molecule has 3 heteroatoms. The van der Waals surface area contributed by atoms with Gasteiger partial charge in [0.25, 0.3) is 0 Å². The maximum absolute atomic E-state index is 11.5. The Morgan fingerprint density at radius 3 is 2.50 bits per heavy atom. The second-order valence-electron chi connectivity index (χ2n) is 3.43. The summed E-state index contributed by atoms with van der Waals surface area (Å²) in [6, 6.07) is 9.07. The maximum Gasteiger partial charge on any atom is 0.315 e. The van der Waals surface area contributed by atoms with Crippen molar-refractivity contribution in [2.75, 3.05) is 7.11 Å². The lowest BCUT2D eigenvalue weighted by Crippen LogP contribution is -2.21. The van der Waals surface area contributed by atoms with Gasteiger partial charge in [-0.15, -0.1) is 0 Å². The molecule has 0 saturated carbocycles. The normalized spacial score (nSPS) is 14.7. The second-order valence-corrected chi connectivity index (χ2v) is 3.43. The standard InChI is InChI=1S/C13H16O3/c1-3-7-11(13(15)16-2)12(14)10-8-5-4-6-9-10/h3-9,11-12,14H,1-2H3/b7-3-/t11-,12-/m0/s1. The highest BCUT2D eigenvalue weighted by Crippen LogP contribution is 2.24. The molecule has 0 heterocycles. The summed E-state index contributed by atoms with van der Waals surface area (Å²) in [5.41, 5.74) is 0.705. The lowest BCUT2D eigenvalue weighted by atomic mass is 9.95. The largest absolute Gasteiger partial charge is 0.468 e. The van der Waals surface area contributed by atoms with E-state index in [1.54, 1.807) is 31.2 Å². The summed E-state index contributed by atoms with van der Waals surface area (Å²) in [6.45, 7) is 1.80. The number of hydrogen-bond acceptors (Lipinski definition) is 3. The van der Waals surface area contributed by atoms with Crippen LogP contribution in [0.4, 0.5) is 0 Å². The molecule has 2 atom stereocenters. The van der Waals surface area contributed by atoms with Crippen LogP contribution in [0.25, 0.3) is 0 Å². The topological polar surface area (TPSA) is 46.5 Å². The minimum absolute atomic E-state index is 0.436. The lowest BCUT2D eigenvalue weighted by molar-refractivity contribution is -0.147. The average molecular weight is 220 g/mol. The lowest BCUT2D eigenvalue weighted by Gasteiger charge is -2.17. The molecule has 0 amide bonds. The van der Waals surface area contributed by atoms with Gasteiger partial charge >= 0.3 is 5.97 Å². The molecule has 1 rings (SSSR count). The van der Waals surface area contributed by atoms with E-state index in [4.69, 9.17) is 0 Å². The maximum atomic E-state index is 11.5. The quantitative estimate of drug-likeness (QED) is 0.624. The number of aliphatic hydroxyl groups is 1. The highest BCUT2D eigenvalue weighted by molar-refractivity contribution is 5.75. The molecule has 1 aromatic rings. The van der Waals surface area contributed by atoms with Gasteiger partial charge in [-0.25, -0.2) is 0 Å². The number of aliphatic hydroxyl groups excluding tert-OH is 1. The van der Waals surface area contributed by atoms with Gasteiger partial charge in [-0.1, -0.05) is 42.5 Å². The Kier molecular flexibility index (Phi) is 4.73. The number of esters is 1. The van der Waals surface area contributed by atoms with Crippen LogP contribution in [0, 0.1) is 5.92 Å². The van der Waals surface area contributed by atoms with Crippen molar-refractivity contribution in [1.29, 1.82) is 0 Å². The van der Waals surface area contributed by atoms with E-state index in [1.807, 2.05) is 18.2 Å². The fourth-order valence-corrected chi connectivity index (χ4v) is 1.51. The van der Waals surface area contributed by atoms with Crippen molar-refractivity contribution in [3.63, 3.8) is 0 Å². The van der Waals surface area contributed by atoms with E-state index in [0.717, 1.165) is 0 Å². The van der Waals surface area contributed by atoms with Crippen LogP contribution in [-0.2, 0) is 9.53 Å². The monoisotopic (exact) mass is 220 g/mol. The molecule has 1 N–H and O–H groups in total. The summed E-state index contributed by atoms with van der Waals surface area (Å²) in [7, 11) is 1.32. The molecular weight excluding hydrogens is 204 g/mol. The van der Waals surface area contributed by atoms with E-state index in [-0.39, 0.29) is 0 Å². The van der Waals surface area contributed by atoms with Crippen molar-refractivity contribution in [2.24, 2.45) is 5.92 Å². The van der Waals surface area contributed by atoms with Gasteiger partial charge in [0.15, 0.2) is 0 Å². The van der Waals surface area contributed by atoms with Crippen LogP contribution < -0.4 is 0 Å². The van der Waals surface area contributed by atoms with Gasteiger partial charge in [0.05, 0.1) is 13.2 Å². The summed E-state index contributed by atoms with van der Waals surface area (Å²) >= 11 is 0. The predicted molar refractivity (Wildman–Crippen MR) is 61.7 cm³/mol. The third kappa shape index (κ3) is 2.94. The Morgan fingerprint density at radius 2 is 2.00 bits per heavy atom. The van der Waals surface area contributed by atoms with Crippen LogP contribution in [0.15, 0.2) is 42.5 Å². The summed E-state index contributed by atoms with van der Waals surface area (Å²) in [6.07, 6.45) is 2.50. The molecule has 0 aliphatic carbocycles. The van der Waals surface area contributed by atoms with Gasteiger partial charge in [0.1, 0.15) is 5.92 Å². The number of benzene rings is 1. The number of hydrogen-bond donors (Lipinski definition) is 1. The number of rotatable bonds is 4. The molecule has 0 aliphatic rings.